The van der Waals surface area contributed by atoms with Crippen LogP contribution >= 0.6 is 11.6 Å². The highest BCUT2D eigenvalue weighted by atomic mass is 35.5. The fourth-order valence-corrected chi connectivity index (χ4v) is 3.00. The molecule has 0 unspecified atom stereocenters. The van der Waals surface area contributed by atoms with Crippen molar-refractivity contribution >= 4 is 40.2 Å². The maximum atomic E-state index is 14.5. The number of halogens is 5. The van der Waals surface area contributed by atoms with Crippen molar-refractivity contribution < 1.29 is 31.6 Å². The van der Waals surface area contributed by atoms with Gasteiger partial charge in [0.1, 0.15) is 11.2 Å². The smallest absolute Gasteiger partial charge is 0.413 e. The monoisotopic (exact) mass is 388 g/mol. The number of fused-ring (bicyclic) bond motifs is 1. The highest BCUT2D eigenvalue weighted by Crippen LogP contribution is 2.44. The second-order valence-electron chi connectivity index (χ2n) is 6.10. The summed E-state index contributed by atoms with van der Waals surface area (Å²) < 4.78 is 58.4. The van der Waals surface area contributed by atoms with Crippen LogP contribution in [0.3, 0.4) is 0 Å². The van der Waals surface area contributed by atoms with E-state index in [0.717, 1.165) is 18.9 Å². The number of nitrogens with zero attached hydrogens (tertiary/aromatic N) is 2. The molecule has 0 N–H and O–H groups in total. The molecule has 0 bridgehead atoms. The van der Waals surface area contributed by atoms with Gasteiger partial charge in [-0.25, -0.2) is 14.3 Å². The molecule has 0 atom stereocenters. The molecule has 2 amide bonds. The van der Waals surface area contributed by atoms with Gasteiger partial charge in [-0.15, -0.1) is 0 Å². The minimum atomic E-state index is -4.82. The Labute approximate surface area is 148 Å². The Morgan fingerprint density at radius 1 is 1.27 bits per heavy atom. The number of imide groups is 1. The number of carbonyl (C=O) groups is 2. The standard InChI is InChI=1S/C16H9ClF4N2O3/c17-8-5-9(18)13(14-12(8)22-15(26-14)6-1-2-6)23-10(24)3-7(4-11(23)25)16(19,20)21/h3,5-6H,1-2,4H2. The Hall–Kier alpha value is -2.42. The number of amides is 2. The lowest BCUT2D eigenvalue weighted by Gasteiger charge is -2.25. The van der Waals surface area contributed by atoms with Crippen molar-refractivity contribution in [1.29, 1.82) is 0 Å². The zero-order valence-electron chi connectivity index (χ0n) is 12.9. The number of hydrogen-bond acceptors (Lipinski definition) is 4. The molecule has 4 rings (SSSR count). The summed E-state index contributed by atoms with van der Waals surface area (Å²) in [5.41, 5.74) is -2.04. The number of rotatable bonds is 2. The minimum absolute atomic E-state index is 0.0406. The van der Waals surface area contributed by atoms with Gasteiger partial charge in [-0.05, 0) is 18.9 Å². The van der Waals surface area contributed by atoms with E-state index in [2.05, 4.69) is 4.98 Å². The third-order valence-corrected chi connectivity index (χ3v) is 4.48. The van der Waals surface area contributed by atoms with Crippen molar-refractivity contribution in [2.75, 3.05) is 4.90 Å². The Kier molecular flexibility index (Phi) is 3.62. The molecule has 1 aliphatic heterocycles. The van der Waals surface area contributed by atoms with Gasteiger partial charge in [-0.1, -0.05) is 11.6 Å². The van der Waals surface area contributed by atoms with Crippen LogP contribution in [0.5, 0.6) is 0 Å². The van der Waals surface area contributed by atoms with Gasteiger partial charge in [0.25, 0.3) is 5.91 Å². The molecule has 26 heavy (non-hydrogen) atoms. The lowest BCUT2D eigenvalue weighted by atomic mass is 10.1. The number of hydrogen-bond donors (Lipinski definition) is 0. The molecule has 2 heterocycles. The van der Waals surface area contributed by atoms with Crippen LogP contribution in [0.15, 0.2) is 22.1 Å². The fraction of sp³-hybridized carbons (Fsp3) is 0.312. The Morgan fingerprint density at radius 2 is 1.96 bits per heavy atom. The molecule has 1 saturated carbocycles. The molecule has 0 radical (unpaired) electrons. The predicted octanol–water partition coefficient (Wildman–Crippen LogP) is 4.25. The quantitative estimate of drug-likeness (QED) is 0.570. The summed E-state index contributed by atoms with van der Waals surface area (Å²) in [5.74, 6) is -3.25. The average Bonchev–Trinajstić information content (AvgIpc) is 3.28. The summed E-state index contributed by atoms with van der Waals surface area (Å²) in [6.45, 7) is 0. The lowest BCUT2D eigenvalue weighted by molar-refractivity contribution is -0.129. The molecular formula is C16H9ClF4N2O3. The third-order valence-electron chi connectivity index (χ3n) is 4.19. The molecular weight excluding hydrogens is 380 g/mol. The van der Waals surface area contributed by atoms with Crippen molar-refractivity contribution in [1.82, 2.24) is 4.98 Å². The van der Waals surface area contributed by atoms with E-state index in [1.54, 1.807) is 0 Å². The van der Waals surface area contributed by atoms with E-state index in [1.165, 1.54) is 0 Å². The van der Waals surface area contributed by atoms with E-state index < -0.39 is 41.5 Å². The number of oxazole rings is 1. The van der Waals surface area contributed by atoms with Crippen LogP contribution in [0.2, 0.25) is 5.02 Å². The molecule has 0 spiro atoms. The van der Waals surface area contributed by atoms with Crippen LogP contribution in [-0.2, 0) is 9.59 Å². The van der Waals surface area contributed by atoms with Gasteiger partial charge in [0, 0.05) is 17.6 Å². The molecule has 1 aromatic carbocycles. The zero-order chi connectivity index (χ0) is 18.8. The van der Waals surface area contributed by atoms with E-state index in [0.29, 0.717) is 4.90 Å². The molecule has 2 aliphatic rings. The van der Waals surface area contributed by atoms with Gasteiger partial charge in [0.15, 0.2) is 17.3 Å². The van der Waals surface area contributed by atoms with Gasteiger partial charge in [0.2, 0.25) is 5.91 Å². The number of aromatic nitrogens is 1. The van der Waals surface area contributed by atoms with Crippen LogP contribution in [0.4, 0.5) is 23.2 Å². The van der Waals surface area contributed by atoms with Crippen LogP contribution in [0.1, 0.15) is 31.1 Å². The molecule has 1 aromatic heterocycles. The van der Waals surface area contributed by atoms with Gasteiger partial charge in [0.05, 0.1) is 11.4 Å². The maximum absolute atomic E-state index is 14.5. The van der Waals surface area contributed by atoms with Crippen molar-refractivity contribution in [3.8, 4) is 0 Å². The van der Waals surface area contributed by atoms with Crippen molar-refractivity contribution in [2.24, 2.45) is 0 Å². The molecule has 2 aromatic rings. The second-order valence-corrected chi connectivity index (χ2v) is 6.51. The summed E-state index contributed by atoms with van der Waals surface area (Å²) in [6.07, 6.45) is -3.98. The van der Waals surface area contributed by atoms with Gasteiger partial charge in [-0.2, -0.15) is 13.2 Å². The first-order chi connectivity index (χ1) is 12.2. The Balaban J connectivity index is 1.87. The SMILES string of the molecule is O=C1C=C(C(F)(F)F)CC(=O)N1c1c(F)cc(Cl)c2nc(C3CC3)oc12. The first-order valence-electron chi connectivity index (χ1n) is 7.60. The van der Waals surface area contributed by atoms with E-state index in [4.69, 9.17) is 16.0 Å². The first-order valence-corrected chi connectivity index (χ1v) is 7.97. The summed E-state index contributed by atoms with van der Waals surface area (Å²) in [5, 5.41) is -0.0830. The molecule has 136 valence electrons. The summed E-state index contributed by atoms with van der Waals surface area (Å²) in [4.78, 5) is 28.9. The maximum Gasteiger partial charge on any atom is 0.413 e. The van der Waals surface area contributed by atoms with E-state index in [-0.39, 0.29) is 34.0 Å². The van der Waals surface area contributed by atoms with Crippen LogP contribution in [-0.4, -0.2) is 23.0 Å². The van der Waals surface area contributed by atoms with Crippen molar-refractivity contribution in [3.63, 3.8) is 0 Å². The topological polar surface area (TPSA) is 63.4 Å². The third kappa shape index (κ3) is 2.66. The number of benzene rings is 1. The summed E-state index contributed by atoms with van der Waals surface area (Å²) >= 11 is 5.96. The van der Waals surface area contributed by atoms with Gasteiger partial charge in [-0.3, -0.25) is 9.59 Å². The largest absolute Gasteiger partial charge is 0.438 e. The van der Waals surface area contributed by atoms with Gasteiger partial charge < -0.3 is 4.42 Å². The first kappa shape index (κ1) is 17.0. The molecule has 0 saturated heterocycles. The number of alkyl halides is 3. The van der Waals surface area contributed by atoms with Crippen LogP contribution in [0, 0.1) is 5.82 Å². The molecule has 1 fully saturated rings. The minimum Gasteiger partial charge on any atom is -0.438 e. The number of anilines is 1. The van der Waals surface area contributed by atoms with Crippen LogP contribution in [0.25, 0.3) is 11.1 Å². The highest BCUT2D eigenvalue weighted by Gasteiger charge is 2.42. The summed E-state index contributed by atoms with van der Waals surface area (Å²) in [7, 11) is 0. The second kappa shape index (κ2) is 5.54. The number of carbonyl (C=O) groups excluding carboxylic acids is 2. The van der Waals surface area contributed by atoms with Crippen molar-refractivity contribution in [2.45, 2.75) is 31.4 Å². The Morgan fingerprint density at radius 3 is 2.54 bits per heavy atom. The van der Waals surface area contributed by atoms with E-state index in [9.17, 15) is 27.2 Å². The van der Waals surface area contributed by atoms with E-state index >= 15 is 0 Å². The molecule has 1 aliphatic carbocycles. The lowest BCUT2D eigenvalue weighted by Crippen LogP contribution is -2.41. The predicted molar refractivity (Wildman–Crippen MR) is 82.2 cm³/mol. The normalized spacial score (nSPS) is 18.7. The Bertz CT molecular complexity index is 992. The van der Waals surface area contributed by atoms with Crippen molar-refractivity contribution in [3.05, 3.63) is 34.4 Å². The zero-order valence-corrected chi connectivity index (χ0v) is 13.6. The fourth-order valence-electron chi connectivity index (χ4n) is 2.78. The molecule has 10 heteroatoms. The highest BCUT2D eigenvalue weighted by molar-refractivity contribution is 6.36. The summed E-state index contributed by atoms with van der Waals surface area (Å²) in [6, 6.07) is 0.849. The molecule has 5 nitrogen and oxygen atoms in total. The van der Waals surface area contributed by atoms with E-state index in [1.807, 2.05) is 0 Å². The van der Waals surface area contributed by atoms with Crippen LogP contribution < -0.4 is 4.90 Å². The average molecular weight is 389 g/mol. The van der Waals surface area contributed by atoms with Gasteiger partial charge >= 0.3 is 6.18 Å².